The first-order chi connectivity index (χ1) is 17.9. The number of anilines is 2. The molecule has 1 aromatic heterocycles. The van der Waals surface area contributed by atoms with Gasteiger partial charge in [-0.25, -0.2) is 4.79 Å². The first kappa shape index (κ1) is 28.8. The van der Waals surface area contributed by atoms with Gasteiger partial charge in [0.05, 0.1) is 16.9 Å². The third kappa shape index (κ3) is 8.66. The van der Waals surface area contributed by atoms with Crippen LogP contribution < -0.4 is 20.7 Å². The molecule has 3 N–H and O–H groups in total. The van der Waals surface area contributed by atoms with Crippen molar-refractivity contribution in [2.75, 3.05) is 10.6 Å². The molecule has 0 aliphatic heterocycles. The zero-order chi connectivity index (χ0) is 27.9. The summed E-state index contributed by atoms with van der Waals surface area (Å²) in [5.74, 6) is 0.627. The van der Waals surface area contributed by atoms with Crippen LogP contribution in [0.4, 0.5) is 16.2 Å². The predicted octanol–water partition coefficient (Wildman–Crippen LogP) is 6.97. The first-order valence-electron chi connectivity index (χ1n) is 12.4. The van der Waals surface area contributed by atoms with Crippen molar-refractivity contribution in [2.24, 2.45) is 0 Å². The summed E-state index contributed by atoms with van der Waals surface area (Å²) in [4.78, 5) is 28.9. The van der Waals surface area contributed by atoms with Crippen molar-refractivity contribution in [1.29, 1.82) is 0 Å². The van der Waals surface area contributed by atoms with Gasteiger partial charge in [0.25, 0.3) is 5.91 Å². The lowest BCUT2D eigenvalue weighted by Gasteiger charge is -2.24. The third-order valence-corrected chi connectivity index (χ3v) is 5.64. The summed E-state index contributed by atoms with van der Waals surface area (Å²) >= 11 is 6.26. The summed E-state index contributed by atoms with van der Waals surface area (Å²) in [6, 6.07) is 14.6. The summed E-state index contributed by atoms with van der Waals surface area (Å²) in [6.45, 7) is 11.7. The fourth-order valence-electron chi connectivity index (χ4n) is 3.53. The summed E-state index contributed by atoms with van der Waals surface area (Å²) in [7, 11) is 0. The second-order valence-electron chi connectivity index (χ2n) is 10.2. The molecule has 9 heteroatoms. The van der Waals surface area contributed by atoms with Gasteiger partial charge in [-0.15, -0.1) is 0 Å². The standard InChI is InChI=1S/C29H35ClN4O4/c1-18(2)20-9-10-21(26(14-20)37-19(3)33-28(36)38-29(4,5)6)17-32-25-15-23(30)11-12-24(25)34-27(35)22-8-7-13-31-16-22/h7-16,18-19,32H,17H2,1-6H3,(H,33,36)(H,34,35). The van der Waals surface area contributed by atoms with Crippen LogP contribution in [0.15, 0.2) is 60.9 Å². The molecule has 1 unspecified atom stereocenters. The summed E-state index contributed by atoms with van der Waals surface area (Å²) in [5, 5.41) is 9.50. The SMILES string of the molecule is CC(NC(=O)OC(C)(C)C)Oc1cc(C(C)C)ccc1CNc1cc(Cl)ccc1NC(=O)c1cccnc1. The van der Waals surface area contributed by atoms with E-state index in [1.807, 2.05) is 18.2 Å². The Labute approximate surface area is 229 Å². The van der Waals surface area contributed by atoms with E-state index in [2.05, 4.69) is 34.8 Å². The second kappa shape index (κ2) is 12.6. The monoisotopic (exact) mass is 538 g/mol. The number of carbonyl (C=O) groups excluding carboxylic acids is 2. The fourth-order valence-corrected chi connectivity index (χ4v) is 3.71. The topological polar surface area (TPSA) is 102 Å². The molecule has 0 bridgehead atoms. The van der Waals surface area contributed by atoms with E-state index in [9.17, 15) is 9.59 Å². The van der Waals surface area contributed by atoms with Crippen molar-refractivity contribution >= 4 is 35.0 Å². The normalized spacial score (nSPS) is 12.0. The Hall–Kier alpha value is -3.78. The molecule has 0 saturated heterocycles. The molecule has 3 aromatic rings. The molecule has 0 saturated carbocycles. The van der Waals surface area contributed by atoms with Crippen molar-refractivity contribution in [2.45, 2.75) is 65.8 Å². The Bertz CT molecular complexity index is 1260. The molecular formula is C29H35ClN4O4. The minimum absolute atomic E-state index is 0.282. The molecule has 0 spiro atoms. The van der Waals surface area contributed by atoms with Gasteiger partial charge >= 0.3 is 6.09 Å². The molecule has 38 heavy (non-hydrogen) atoms. The number of amides is 2. The molecule has 2 aromatic carbocycles. The number of halogens is 1. The molecule has 1 atom stereocenters. The van der Waals surface area contributed by atoms with Crippen LogP contribution in [0.2, 0.25) is 5.02 Å². The third-order valence-electron chi connectivity index (χ3n) is 5.40. The van der Waals surface area contributed by atoms with Gasteiger partial charge in [-0.1, -0.05) is 37.6 Å². The van der Waals surface area contributed by atoms with Crippen LogP contribution in [0.25, 0.3) is 0 Å². The maximum Gasteiger partial charge on any atom is 0.410 e. The van der Waals surface area contributed by atoms with Crippen molar-refractivity contribution in [3.8, 4) is 5.75 Å². The Morgan fingerprint density at radius 1 is 1.03 bits per heavy atom. The molecule has 0 fully saturated rings. The van der Waals surface area contributed by atoms with Gasteiger partial charge < -0.3 is 20.1 Å². The quantitative estimate of drug-likeness (QED) is 0.254. The predicted molar refractivity (Wildman–Crippen MR) is 151 cm³/mol. The van der Waals surface area contributed by atoms with E-state index in [4.69, 9.17) is 21.1 Å². The molecule has 0 aliphatic rings. The van der Waals surface area contributed by atoms with Gasteiger partial charge in [0.2, 0.25) is 0 Å². The van der Waals surface area contributed by atoms with Gasteiger partial charge in [0.1, 0.15) is 11.4 Å². The van der Waals surface area contributed by atoms with Crippen LogP contribution in [-0.2, 0) is 11.3 Å². The van der Waals surface area contributed by atoms with Crippen molar-refractivity contribution in [3.63, 3.8) is 0 Å². The highest BCUT2D eigenvalue weighted by Gasteiger charge is 2.19. The highest BCUT2D eigenvalue weighted by atomic mass is 35.5. The van der Waals surface area contributed by atoms with Crippen LogP contribution in [0.1, 0.15) is 68.9 Å². The van der Waals surface area contributed by atoms with Gasteiger partial charge in [-0.2, -0.15) is 0 Å². The number of ether oxygens (including phenoxy) is 2. The largest absolute Gasteiger partial charge is 0.470 e. The molecule has 0 radical (unpaired) electrons. The van der Waals surface area contributed by atoms with Crippen molar-refractivity contribution < 1.29 is 19.1 Å². The smallest absolute Gasteiger partial charge is 0.410 e. The second-order valence-corrected chi connectivity index (χ2v) is 10.6. The minimum atomic E-state index is -0.633. The number of pyridine rings is 1. The number of carbonyl (C=O) groups is 2. The number of rotatable bonds is 9. The zero-order valence-electron chi connectivity index (χ0n) is 22.6. The molecule has 3 rings (SSSR count). The number of nitrogens with one attached hydrogen (secondary N) is 3. The summed E-state index contributed by atoms with van der Waals surface area (Å²) < 4.78 is 11.5. The van der Waals surface area contributed by atoms with E-state index >= 15 is 0 Å². The maximum absolute atomic E-state index is 12.7. The van der Waals surface area contributed by atoms with Crippen molar-refractivity contribution in [1.82, 2.24) is 10.3 Å². The number of aromatic nitrogens is 1. The van der Waals surface area contributed by atoms with E-state index < -0.39 is 17.9 Å². The van der Waals surface area contributed by atoms with E-state index in [1.54, 1.807) is 64.2 Å². The number of alkyl carbamates (subject to hydrolysis) is 1. The highest BCUT2D eigenvalue weighted by molar-refractivity contribution is 6.31. The molecular weight excluding hydrogens is 504 g/mol. The lowest BCUT2D eigenvalue weighted by molar-refractivity contribution is 0.0413. The maximum atomic E-state index is 12.7. The Balaban J connectivity index is 1.78. The summed E-state index contributed by atoms with van der Waals surface area (Å²) in [5.41, 5.74) is 3.01. The van der Waals surface area contributed by atoms with E-state index in [0.717, 1.165) is 11.1 Å². The first-order valence-corrected chi connectivity index (χ1v) is 12.8. The average Bonchev–Trinajstić information content (AvgIpc) is 2.83. The molecule has 202 valence electrons. The molecule has 1 heterocycles. The molecule has 8 nitrogen and oxygen atoms in total. The van der Waals surface area contributed by atoms with E-state index in [0.29, 0.717) is 34.3 Å². The van der Waals surface area contributed by atoms with Crippen molar-refractivity contribution in [3.05, 3.63) is 82.6 Å². The molecule has 0 aliphatic carbocycles. The average molecular weight is 539 g/mol. The van der Waals surface area contributed by atoms with Gasteiger partial charge in [0.15, 0.2) is 6.23 Å². The Morgan fingerprint density at radius 2 is 1.79 bits per heavy atom. The van der Waals surface area contributed by atoms with Crippen LogP contribution in [0.5, 0.6) is 5.75 Å². The van der Waals surface area contributed by atoms with Crippen LogP contribution in [0, 0.1) is 0 Å². The molecule has 2 amide bonds. The minimum Gasteiger partial charge on any atom is -0.470 e. The lowest BCUT2D eigenvalue weighted by Crippen LogP contribution is -2.40. The van der Waals surface area contributed by atoms with E-state index in [-0.39, 0.29) is 11.8 Å². The lowest BCUT2D eigenvalue weighted by atomic mass is 10.0. The van der Waals surface area contributed by atoms with Gasteiger partial charge in [-0.3, -0.25) is 15.1 Å². The Kier molecular flexibility index (Phi) is 9.58. The van der Waals surface area contributed by atoms with Crippen LogP contribution in [-0.4, -0.2) is 28.8 Å². The number of benzene rings is 2. The number of nitrogens with zero attached hydrogens (tertiary/aromatic N) is 1. The highest BCUT2D eigenvalue weighted by Crippen LogP contribution is 2.30. The zero-order valence-corrected chi connectivity index (χ0v) is 23.3. The number of hydrogen-bond acceptors (Lipinski definition) is 6. The van der Waals surface area contributed by atoms with E-state index in [1.165, 1.54) is 6.20 Å². The fraction of sp³-hybridized carbons (Fsp3) is 0.345. The van der Waals surface area contributed by atoms with Crippen LogP contribution in [0.3, 0.4) is 0 Å². The van der Waals surface area contributed by atoms with Crippen LogP contribution >= 0.6 is 11.6 Å². The number of hydrogen-bond donors (Lipinski definition) is 3. The van der Waals surface area contributed by atoms with Gasteiger partial charge in [0, 0.05) is 29.5 Å². The summed E-state index contributed by atoms with van der Waals surface area (Å²) in [6.07, 6.45) is 1.93. The van der Waals surface area contributed by atoms with Gasteiger partial charge in [-0.05, 0) is 75.6 Å². The Morgan fingerprint density at radius 3 is 2.45 bits per heavy atom.